The predicted molar refractivity (Wildman–Crippen MR) is 155 cm³/mol. The fraction of sp³-hybridized carbons (Fsp3) is 0.733. The summed E-state index contributed by atoms with van der Waals surface area (Å²) in [7, 11) is 0. The number of aliphatic hydroxyl groups is 2. The van der Waals surface area contributed by atoms with E-state index in [0.717, 1.165) is 38.0 Å². The molecule has 0 radical (unpaired) electrons. The van der Waals surface area contributed by atoms with Gasteiger partial charge in [0.05, 0.1) is 12.2 Å². The maximum atomic E-state index is 10.5. The Labute approximate surface area is 217 Å². The van der Waals surface area contributed by atoms with Crippen LogP contribution in [0.3, 0.4) is 0 Å². The molecule has 2 unspecified atom stereocenters. The maximum absolute atomic E-state index is 10.5. The highest BCUT2D eigenvalue weighted by Crippen LogP contribution is 2.07. The normalized spacial score (nSPS) is 14.5. The van der Waals surface area contributed by atoms with Crippen LogP contribution in [0, 0.1) is 0 Å². The lowest BCUT2D eigenvalue weighted by molar-refractivity contribution is 0.0708. The molecule has 3 nitrogen and oxygen atoms in total. The highest BCUT2D eigenvalue weighted by molar-refractivity contribution is 7.80. The lowest BCUT2D eigenvalue weighted by atomic mass is 10.1. The van der Waals surface area contributed by atoms with E-state index in [1.54, 1.807) is 0 Å². The summed E-state index contributed by atoms with van der Waals surface area (Å²) in [4.78, 5) is 2.21. The van der Waals surface area contributed by atoms with Gasteiger partial charge in [-0.1, -0.05) is 88.1 Å². The first kappa shape index (κ1) is 33.2. The summed E-state index contributed by atoms with van der Waals surface area (Å²) in [6, 6.07) is 0. The second-order valence-corrected chi connectivity index (χ2v) is 9.77. The third kappa shape index (κ3) is 24.3. The van der Waals surface area contributed by atoms with Crippen LogP contribution in [-0.4, -0.2) is 52.7 Å². The van der Waals surface area contributed by atoms with Crippen molar-refractivity contribution in [3.8, 4) is 0 Å². The second kappa shape index (κ2) is 26.8. The van der Waals surface area contributed by atoms with Crippen LogP contribution in [0.25, 0.3) is 0 Å². The average molecular weight is 494 g/mol. The molecule has 2 atom stereocenters. The Balaban J connectivity index is 4.26. The van der Waals surface area contributed by atoms with Gasteiger partial charge in [-0.3, -0.25) is 4.90 Å². The van der Waals surface area contributed by atoms with Crippen molar-refractivity contribution in [2.75, 3.05) is 25.4 Å². The van der Waals surface area contributed by atoms with Crippen LogP contribution in [0.15, 0.2) is 48.6 Å². The Morgan fingerprint density at radius 1 is 0.618 bits per heavy atom. The number of thiol groups is 1. The number of rotatable bonds is 24. The van der Waals surface area contributed by atoms with Gasteiger partial charge in [0.15, 0.2) is 0 Å². The van der Waals surface area contributed by atoms with E-state index in [-0.39, 0.29) is 0 Å². The van der Waals surface area contributed by atoms with Crippen LogP contribution in [0.5, 0.6) is 0 Å². The zero-order valence-electron chi connectivity index (χ0n) is 22.3. The van der Waals surface area contributed by atoms with Crippen molar-refractivity contribution in [3.63, 3.8) is 0 Å². The molecule has 0 aromatic carbocycles. The highest BCUT2D eigenvalue weighted by Gasteiger charge is 2.14. The van der Waals surface area contributed by atoms with E-state index >= 15 is 0 Å². The van der Waals surface area contributed by atoms with Crippen molar-refractivity contribution >= 4 is 12.6 Å². The Kier molecular flexibility index (Phi) is 26.2. The summed E-state index contributed by atoms with van der Waals surface area (Å²) in [5.74, 6) is 0.877. The molecular formula is C30H55NO2S. The van der Waals surface area contributed by atoms with Gasteiger partial charge in [-0.05, 0) is 76.5 Å². The van der Waals surface area contributed by atoms with Gasteiger partial charge in [0.1, 0.15) is 0 Å². The molecule has 0 aliphatic heterocycles. The summed E-state index contributed by atoms with van der Waals surface area (Å²) in [6.07, 6.45) is 31.9. The molecule has 0 aliphatic rings. The lowest BCUT2D eigenvalue weighted by Gasteiger charge is -2.26. The van der Waals surface area contributed by atoms with Gasteiger partial charge in [-0.2, -0.15) is 12.6 Å². The van der Waals surface area contributed by atoms with Crippen molar-refractivity contribution in [1.82, 2.24) is 4.90 Å². The molecule has 0 aromatic rings. The molecule has 198 valence electrons. The third-order valence-corrected chi connectivity index (χ3v) is 6.11. The lowest BCUT2D eigenvalue weighted by Crippen LogP contribution is -2.38. The number of hydrogen-bond acceptors (Lipinski definition) is 4. The van der Waals surface area contributed by atoms with E-state index in [1.165, 1.54) is 51.4 Å². The fourth-order valence-corrected chi connectivity index (χ4v) is 3.98. The first-order valence-corrected chi connectivity index (χ1v) is 14.6. The smallest absolute Gasteiger partial charge is 0.0701 e. The molecule has 0 amide bonds. The number of unbranched alkanes of at least 4 members (excludes halogenated alkanes) is 7. The zero-order valence-corrected chi connectivity index (χ0v) is 23.2. The van der Waals surface area contributed by atoms with Gasteiger partial charge < -0.3 is 10.2 Å². The van der Waals surface area contributed by atoms with Crippen molar-refractivity contribution in [2.24, 2.45) is 0 Å². The summed E-state index contributed by atoms with van der Waals surface area (Å²) >= 11 is 4.31. The fourth-order valence-electron chi connectivity index (χ4n) is 3.76. The van der Waals surface area contributed by atoms with Gasteiger partial charge in [-0.15, -0.1) is 0 Å². The number of nitrogens with zero attached hydrogens (tertiary/aromatic N) is 1. The van der Waals surface area contributed by atoms with Gasteiger partial charge in [0.2, 0.25) is 0 Å². The Hall–Kier alpha value is -0.810. The number of hydrogen-bond donors (Lipinski definition) is 3. The van der Waals surface area contributed by atoms with E-state index in [9.17, 15) is 10.2 Å². The highest BCUT2D eigenvalue weighted by atomic mass is 32.1. The van der Waals surface area contributed by atoms with Crippen molar-refractivity contribution in [3.05, 3.63) is 48.6 Å². The topological polar surface area (TPSA) is 43.7 Å². The quantitative estimate of drug-likeness (QED) is 0.0734. The molecule has 2 N–H and O–H groups in total. The first-order valence-electron chi connectivity index (χ1n) is 13.9. The Morgan fingerprint density at radius 3 is 1.53 bits per heavy atom. The third-order valence-electron chi connectivity index (χ3n) is 5.80. The zero-order chi connectivity index (χ0) is 25.1. The molecule has 0 heterocycles. The molecule has 0 rings (SSSR count). The minimum atomic E-state index is -0.402. The summed E-state index contributed by atoms with van der Waals surface area (Å²) < 4.78 is 0. The Morgan fingerprint density at radius 2 is 1.09 bits per heavy atom. The number of allylic oxidation sites excluding steroid dienone is 6. The molecule has 0 aliphatic carbocycles. The molecular weight excluding hydrogens is 438 g/mol. The van der Waals surface area contributed by atoms with E-state index in [0.29, 0.717) is 25.9 Å². The Bertz CT molecular complexity index is 488. The predicted octanol–water partition coefficient (Wildman–Crippen LogP) is 7.67. The molecule has 0 saturated carbocycles. The summed E-state index contributed by atoms with van der Waals surface area (Å²) in [6.45, 7) is 6.55. The molecule has 0 saturated heterocycles. The van der Waals surface area contributed by atoms with Crippen molar-refractivity contribution < 1.29 is 10.2 Å². The van der Waals surface area contributed by atoms with Crippen molar-refractivity contribution in [1.29, 1.82) is 0 Å². The van der Waals surface area contributed by atoms with Gasteiger partial charge in [0, 0.05) is 13.1 Å². The summed E-state index contributed by atoms with van der Waals surface area (Å²) in [5.41, 5.74) is 0. The van der Waals surface area contributed by atoms with Crippen LogP contribution < -0.4 is 0 Å². The summed E-state index contributed by atoms with van der Waals surface area (Å²) in [5, 5.41) is 21.0. The van der Waals surface area contributed by atoms with Crippen LogP contribution in [0.2, 0.25) is 0 Å². The SMILES string of the molecule is CCCCC/C=C\C/C=C\CC(O)CN(CCCCS)CC(O)C/C=C\C/C=C\CCCCC. The van der Waals surface area contributed by atoms with Crippen LogP contribution in [-0.2, 0) is 0 Å². The molecule has 0 fully saturated rings. The molecule has 0 spiro atoms. The monoisotopic (exact) mass is 493 g/mol. The van der Waals surface area contributed by atoms with Gasteiger partial charge in [-0.25, -0.2) is 0 Å². The van der Waals surface area contributed by atoms with Crippen LogP contribution >= 0.6 is 12.6 Å². The standard InChI is InChI=1S/C30H55NO2S/c1-3-5-7-9-11-13-15-17-19-23-29(32)27-31(25-21-22-26-34)28-30(33)24-20-18-16-14-12-10-8-6-4-2/h11-14,17-20,29-30,32-34H,3-10,15-16,21-28H2,1-2H3/b13-11-,14-12-,19-17-,20-18-. The van der Waals surface area contributed by atoms with E-state index in [2.05, 4.69) is 80.0 Å². The minimum absolute atomic E-state index is 0.402. The second-order valence-electron chi connectivity index (χ2n) is 9.32. The van der Waals surface area contributed by atoms with Gasteiger partial charge >= 0.3 is 0 Å². The number of aliphatic hydroxyl groups excluding tert-OH is 2. The molecule has 0 aromatic heterocycles. The average Bonchev–Trinajstić information content (AvgIpc) is 2.82. The molecule has 0 bridgehead atoms. The maximum Gasteiger partial charge on any atom is 0.0701 e. The van der Waals surface area contributed by atoms with E-state index in [4.69, 9.17) is 0 Å². The van der Waals surface area contributed by atoms with Gasteiger partial charge in [0.25, 0.3) is 0 Å². The van der Waals surface area contributed by atoms with Crippen LogP contribution in [0.1, 0.15) is 104 Å². The largest absolute Gasteiger partial charge is 0.391 e. The van der Waals surface area contributed by atoms with Crippen molar-refractivity contribution in [2.45, 2.75) is 116 Å². The van der Waals surface area contributed by atoms with Crippen LogP contribution in [0.4, 0.5) is 0 Å². The first-order chi connectivity index (χ1) is 16.6. The van der Waals surface area contributed by atoms with E-state index in [1.807, 2.05) is 0 Å². The minimum Gasteiger partial charge on any atom is -0.391 e. The molecule has 34 heavy (non-hydrogen) atoms. The van der Waals surface area contributed by atoms with E-state index < -0.39 is 12.2 Å². The molecule has 4 heteroatoms.